The van der Waals surface area contributed by atoms with Crippen molar-refractivity contribution in [2.75, 3.05) is 31.2 Å². The average Bonchev–Trinajstić information content (AvgIpc) is 2.56. The number of rotatable bonds is 2. The van der Waals surface area contributed by atoms with E-state index >= 15 is 0 Å². The fourth-order valence-electron chi connectivity index (χ4n) is 2.40. The van der Waals surface area contributed by atoms with Crippen LogP contribution in [0.1, 0.15) is 5.56 Å². The molecule has 0 unspecified atom stereocenters. The first-order chi connectivity index (χ1) is 10.3. The first-order valence-electron chi connectivity index (χ1n) is 6.84. The summed E-state index contributed by atoms with van der Waals surface area (Å²) in [6, 6.07) is 13.2. The van der Waals surface area contributed by atoms with E-state index in [9.17, 15) is 4.79 Å². The Labute approximate surface area is 122 Å². The molecule has 0 bridgehead atoms. The zero-order chi connectivity index (χ0) is 14.7. The maximum absolute atomic E-state index is 11.7. The SMILES string of the molecule is N#Cc1ccc(-c2ccc(N3CCOCC3)cc2)[nH]c1=O. The average molecular weight is 281 g/mol. The van der Waals surface area contributed by atoms with E-state index in [2.05, 4.69) is 9.88 Å². The van der Waals surface area contributed by atoms with Gasteiger partial charge in [0.15, 0.2) is 0 Å². The summed E-state index contributed by atoms with van der Waals surface area (Å²) in [6.07, 6.45) is 0. The van der Waals surface area contributed by atoms with Gasteiger partial charge in [0.2, 0.25) is 0 Å². The highest BCUT2D eigenvalue weighted by molar-refractivity contribution is 5.63. The monoisotopic (exact) mass is 281 g/mol. The van der Waals surface area contributed by atoms with Crippen LogP contribution in [0.3, 0.4) is 0 Å². The van der Waals surface area contributed by atoms with E-state index in [1.807, 2.05) is 30.3 Å². The fraction of sp³-hybridized carbons (Fsp3) is 0.250. The van der Waals surface area contributed by atoms with Crippen LogP contribution >= 0.6 is 0 Å². The molecule has 0 radical (unpaired) electrons. The van der Waals surface area contributed by atoms with Gasteiger partial charge in [-0.3, -0.25) is 4.79 Å². The van der Waals surface area contributed by atoms with Crippen molar-refractivity contribution in [1.29, 1.82) is 5.26 Å². The molecule has 5 heteroatoms. The van der Waals surface area contributed by atoms with Crippen LogP contribution in [0.5, 0.6) is 0 Å². The normalized spacial score (nSPS) is 14.7. The summed E-state index contributed by atoms with van der Waals surface area (Å²) in [4.78, 5) is 16.7. The number of aromatic nitrogens is 1. The van der Waals surface area contributed by atoms with Crippen LogP contribution in [0.2, 0.25) is 0 Å². The highest BCUT2D eigenvalue weighted by Gasteiger charge is 2.11. The molecule has 106 valence electrons. The number of morpholine rings is 1. The summed E-state index contributed by atoms with van der Waals surface area (Å²) in [5.74, 6) is 0. The Morgan fingerprint density at radius 2 is 1.81 bits per heavy atom. The number of ether oxygens (including phenoxy) is 1. The zero-order valence-electron chi connectivity index (χ0n) is 11.5. The van der Waals surface area contributed by atoms with Gasteiger partial charge < -0.3 is 14.6 Å². The van der Waals surface area contributed by atoms with E-state index in [1.165, 1.54) is 0 Å². The van der Waals surface area contributed by atoms with Crippen LogP contribution < -0.4 is 10.5 Å². The molecule has 0 spiro atoms. The number of H-pyrrole nitrogens is 1. The summed E-state index contributed by atoms with van der Waals surface area (Å²) in [5, 5.41) is 8.77. The second kappa shape index (κ2) is 5.81. The van der Waals surface area contributed by atoms with E-state index in [1.54, 1.807) is 12.1 Å². The van der Waals surface area contributed by atoms with Crippen molar-refractivity contribution in [2.24, 2.45) is 0 Å². The number of hydrogen-bond donors (Lipinski definition) is 1. The number of pyridine rings is 1. The summed E-state index contributed by atoms with van der Waals surface area (Å²) >= 11 is 0. The highest BCUT2D eigenvalue weighted by Crippen LogP contribution is 2.21. The lowest BCUT2D eigenvalue weighted by Crippen LogP contribution is -2.36. The first-order valence-corrected chi connectivity index (χ1v) is 6.84. The second-order valence-electron chi connectivity index (χ2n) is 4.87. The molecule has 1 aromatic carbocycles. The van der Waals surface area contributed by atoms with Gasteiger partial charge in [0.1, 0.15) is 11.6 Å². The molecule has 2 aromatic rings. The molecular weight excluding hydrogens is 266 g/mol. The van der Waals surface area contributed by atoms with Crippen molar-refractivity contribution in [3.8, 4) is 17.3 Å². The van der Waals surface area contributed by atoms with Crippen LogP contribution in [-0.2, 0) is 4.74 Å². The van der Waals surface area contributed by atoms with Gasteiger partial charge in [-0.05, 0) is 29.8 Å². The molecule has 21 heavy (non-hydrogen) atoms. The number of benzene rings is 1. The number of nitriles is 1. The van der Waals surface area contributed by atoms with Crippen LogP contribution in [0, 0.1) is 11.3 Å². The molecule has 0 atom stereocenters. The van der Waals surface area contributed by atoms with Crippen molar-refractivity contribution < 1.29 is 4.74 Å². The Balaban J connectivity index is 1.85. The lowest BCUT2D eigenvalue weighted by Gasteiger charge is -2.28. The first kappa shape index (κ1) is 13.4. The Bertz CT molecular complexity index is 722. The molecule has 1 aromatic heterocycles. The smallest absolute Gasteiger partial charge is 0.266 e. The molecule has 0 aliphatic carbocycles. The van der Waals surface area contributed by atoms with E-state index in [4.69, 9.17) is 10.00 Å². The third-order valence-electron chi connectivity index (χ3n) is 3.58. The fourth-order valence-corrected chi connectivity index (χ4v) is 2.40. The predicted octanol–water partition coefficient (Wildman–Crippen LogP) is 1.75. The van der Waals surface area contributed by atoms with Crippen LogP contribution in [0.4, 0.5) is 5.69 Å². The van der Waals surface area contributed by atoms with E-state index in [0.717, 1.165) is 37.6 Å². The number of aromatic amines is 1. The van der Waals surface area contributed by atoms with Crippen LogP contribution in [-0.4, -0.2) is 31.3 Å². The summed E-state index contributed by atoms with van der Waals surface area (Å²) in [7, 11) is 0. The van der Waals surface area contributed by atoms with Gasteiger partial charge in [0.25, 0.3) is 5.56 Å². The number of hydrogen-bond acceptors (Lipinski definition) is 4. The Morgan fingerprint density at radius 1 is 1.10 bits per heavy atom. The minimum atomic E-state index is -0.354. The maximum Gasteiger partial charge on any atom is 0.266 e. The van der Waals surface area contributed by atoms with Crippen molar-refractivity contribution in [3.05, 3.63) is 52.3 Å². The van der Waals surface area contributed by atoms with Gasteiger partial charge in [-0.15, -0.1) is 0 Å². The lowest BCUT2D eigenvalue weighted by molar-refractivity contribution is 0.122. The van der Waals surface area contributed by atoms with Gasteiger partial charge in [-0.25, -0.2) is 0 Å². The molecule has 1 aliphatic rings. The summed E-state index contributed by atoms with van der Waals surface area (Å²) < 4.78 is 5.34. The Kier molecular flexibility index (Phi) is 3.71. The minimum absolute atomic E-state index is 0.128. The molecular formula is C16H15N3O2. The second-order valence-corrected chi connectivity index (χ2v) is 4.87. The van der Waals surface area contributed by atoms with Crippen molar-refractivity contribution in [1.82, 2.24) is 4.98 Å². The van der Waals surface area contributed by atoms with Gasteiger partial charge >= 0.3 is 0 Å². The third kappa shape index (κ3) is 2.81. The third-order valence-corrected chi connectivity index (χ3v) is 3.58. The topological polar surface area (TPSA) is 69.1 Å². The van der Waals surface area contributed by atoms with Gasteiger partial charge in [0.05, 0.1) is 13.2 Å². The molecule has 1 aliphatic heterocycles. The number of nitrogens with one attached hydrogen (secondary N) is 1. The Morgan fingerprint density at radius 3 is 2.43 bits per heavy atom. The molecule has 0 amide bonds. The van der Waals surface area contributed by atoms with Crippen molar-refractivity contribution in [3.63, 3.8) is 0 Å². The molecule has 1 fully saturated rings. The number of nitrogens with zero attached hydrogens (tertiary/aromatic N) is 2. The Hall–Kier alpha value is -2.58. The maximum atomic E-state index is 11.7. The van der Waals surface area contributed by atoms with Gasteiger partial charge in [-0.1, -0.05) is 12.1 Å². The summed E-state index contributed by atoms with van der Waals surface area (Å²) in [6.45, 7) is 3.30. The molecule has 5 nitrogen and oxygen atoms in total. The molecule has 0 saturated carbocycles. The summed E-state index contributed by atoms with van der Waals surface area (Å²) in [5.41, 5.74) is 2.56. The van der Waals surface area contributed by atoms with Gasteiger partial charge in [-0.2, -0.15) is 5.26 Å². The van der Waals surface area contributed by atoms with Crippen molar-refractivity contribution >= 4 is 5.69 Å². The molecule has 3 rings (SSSR count). The van der Waals surface area contributed by atoms with Crippen molar-refractivity contribution in [2.45, 2.75) is 0 Å². The quantitative estimate of drug-likeness (QED) is 0.910. The minimum Gasteiger partial charge on any atom is -0.378 e. The van der Waals surface area contributed by atoms with Gasteiger partial charge in [0, 0.05) is 24.5 Å². The standard InChI is InChI=1S/C16H15N3O2/c17-11-13-3-6-15(18-16(13)20)12-1-4-14(5-2-12)19-7-9-21-10-8-19/h1-6H,7-10H2,(H,18,20). The van der Waals surface area contributed by atoms with Crippen LogP contribution in [0.15, 0.2) is 41.2 Å². The highest BCUT2D eigenvalue weighted by atomic mass is 16.5. The van der Waals surface area contributed by atoms with E-state index in [0.29, 0.717) is 5.69 Å². The zero-order valence-corrected chi connectivity index (χ0v) is 11.5. The van der Waals surface area contributed by atoms with E-state index in [-0.39, 0.29) is 11.1 Å². The number of anilines is 1. The molecule has 1 N–H and O–H groups in total. The lowest BCUT2D eigenvalue weighted by atomic mass is 10.1. The largest absolute Gasteiger partial charge is 0.378 e. The molecule has 1 saturated heterocycles. The predicted molar refractivity (Wildman–Crippen MR) is 80.2 cm³/mol. The van der Waals surface area contributed by atoms with E-state index < -0.39 is 0 Å². The van der Waals surface area contributed by atoms with Crippen LogP contribution in [0.25, 0.3) is 11.3 Å². The molecule has 2 heterocycles.